The fourth-order valence-electron chi connectivity index (χ4n) is 6.90. The van der Waals surface area contributed by atoms with Crippen LogP contribution in [0, 0.1) is 0 Å². The van der Waals surface area contributed by atoms with Gasteiger partial charge >= 0.3 is 13.8 Å². The van der Waals surface area contributed by atoms with E-state index < -0.39 is 13.9 Å². The molecule has 0 heterocycles. The normalized spacial score (nSPS) is 14.2. The van der Waals surface area contributed by atoms with Crippen LogP contribution < -0.4 is 5.73 Å². The summed E-state index contributed by atoms with van der Waals surface area (Å²) < 4.78 is 33.6. The first-order chi connectivity index (χ1) is 32.4. The molecular formula is C57H98NO7P. The van der Waals surface area contributed by atoms with Crippen molar-refractivity contribution in [1.29, 1.82) is 0 Å². The Morgan fingerprint density at radius 2 is 0.803 bits per heavy atom. The van der Waals surface area contributed by atoms with Gasteiger partial charge in [-0.25, -0.2) is 4.57 Å². The Bertz CT molecular complexity index is 1380. The molecule has 2 unspecified atom stereocenters. The average Bonchev–Trinajstić information content (AvgIpc) is 3.31. The highest BCUT2D eigenvalue weighted by Crippen LogP contribution is 2.43. The molecule has 0 saturated carbocycles. The fraction of sp³-hybridized carbons (Fsp3) is 0.667. The third-order valence-electron chi connectivity index (χ3n) is 10.7. The third-order valence-corrected chi connectivity index (χ3v) is 11.7. The van der Waals surface area contributed by atoms with Crippen molar-refractivity contribution in [3.05, 3.63) is 109 Å². The second-order valence-electron chi connectivity index (χ2n) is 17.0. The summed E-state index contributed by atoms with van der Waals surface area (Å²) in [5.74, 6) is -0.342. The molecule has 378 valence electrons. The number of esters is 1. The Morgan fingerprint density at radius 3 is 1.20 bits per heavy atom. The smallest absolute Gasteiger partial charge is 0.457 e. The summed E-state index contributed by atoms with van der Waals surface area (Å²) in [6.45, 7) is 4.66. The van der Waals surface area contributed by atoms with Crippen molar-refractivity contribution >= 4 is 13.8 Å². The highest BCUT2D eigenvalue weighted by molar-refractivity contribution is 7.47. The molecular weight excluding hydrogens is 842 g/mol. The predicted octanol–water partition coefficient (Wildman–Crippen LogP) is 16.8. The Hall–Kier alpha value is -2.84. The molecule has 0 fully saturated rings. The summed E-state index contributed by atoms with van der Waals surface area (Å²) >= 11 is 0. The van der Waals surface area contributed by atoms with Gasteiger partial charge in [0.05, 0.1) is 19.8 Å². The number of rotatable bonds is 49. The number of carbonyl (C=O) groups is 1. The largest absolute Gasteiger partial charge is 0.472 e. The van der Waals surface area contributed by atoms with E-state index in [4.69, 9.17) is 24.3 Å². The summed E-state index contributed by atoms with van der Waals surface area (Å²) in [5, 5.41) is 0. The van der Waals surface area contributed by atoms with E-state index in [1.54, 1.807) is 0 Å². The molecule has 3 N–H and O–H groups in total. The number of phosphoric acid groups is 1. The van der Waals surface area contributed by atoms with Crippen LogP contribution in [0.15, 0.2) is 109 Å². The summed E-state index contributed by atoms with van der Waals surface area (Å²) in [6, 6.07) is 0. The van der Waals surface area contributed by atoms with E-state index in [0.717, 1.165) is 96.3 Å². The van der Waals surface area contributed by atoms with Crippen LogP contribution in [0.1, 0.15) is 206 Å². The molecule has 0 rings (SSSR count). The van der Waals surface area contributed by atoms with E-state index in [2.05, 4.69) is 123 Å². The van der Waals surface area contributed by atoms with Crippen LogP contribution in [0.2, 0.25) is 0 Å². The molecule has 8 nitrogen and oxygen atoms in total. The summed E-state index contributed by atoms with van der Waals surface area (Å²) in [7, 11) is -4.30. The predicted molar refractivity (Wildman–Crippen MR) is 284 cm³/mol. The maximum absolute atomic E-state index is 12.7. The molecule has 0 spiro atoms. The molecule has 0 aromatic carbocycles. The van der Waals surface area contributed by atoms with Crippen LogP contribution in [0.5, 0.6) is 0 Å². The van der Waals surface area contributed by atoms with E-state index in [0.29, 0.717) is 13.0 Å². The third kappa shape index (κ3) is 52.1. The van der Waals surface area contributed by atoms with Crippen molar-refractivity contribution in [2.45, 2.75) is 213 Å². The van der Waals surface area contributed by atoms with Crippen molar-refractivity contribution < 1.29 is 32.8 Å². The summed E-state index contributed by atoms with van der Waals surface area (Å²) in [6.07, 6.45) is 72.6. The molecule has 66 heavy (non-hydrogen) atoms. The standard InChI is InChI=1S/C57H98NO7P/c1-3-5-7-9-11-13-15-17-19-21-23-25-27-29-31-33-35-37-39-41-43-45-47-49-52-62-54-56(55-64-66(60,61)63-53-51-58)65-57(59)50-48-46-44-42-40-38-36-34-32-30-28-26-24-22-20-18-16-14-12-10-8-6-4-2/h5-8,11-14,17-20,23-26,29,31,56H,3-4,9-10,15-16,21-22,27-28,30,32-55,58H2,1-2H3,(H,60,61)/b7-5-,8-6-,13-11-,14-12-,19-17-,20-18-,25-23-,26-24-,31-29-. The molecule has 0 radical (unpaired) electrons. The lowest BCUT2D eigenvalue weighted by atomic mass is 10.0. The van der Waals surface area contributed by atoms with Crippen molar-refractivity contribution in [3.63, 3.8) is 0 Å². The number of unbranched alkanes of at least 4 members (excludes halogenated alkanes) is 18. The number of hydrogen-bond donors (Lipinski definition) is 2. The maximum Gasteiger partial charge on any atom is 0.472 e. The Balaban J connectivity index is 3.99. The van der Waals surface area contributed by atoms with Crippen molar-refractivity contribution in [2.75, 3.05) is 33.0 Å². The minimum Gasteiger partial charge on any atom is -0.457 e. The van der Waals surface area contributed by atoms with Crippen LogP contribution in [-0.2, 0) is 27.9 Å². The van der Waals surface area contributed by atoms with E-state index in [1.165, 1.54) is 89.9 Å². The minimum absolute atomic E-state index is 0.0923. The lowest BCUT2D eigenvalue weighted by molar-refractivity contribution is -0.154. The molecule has 9 heteroatoms. The fourth-order valence-corrected chi connectivity index (χ4v) is 7.66. The average molecular weight is 940 g/mol. The topological polar surface area (TPSA) is 117 Å². The lowest BCUT2D eigenvalue weighted by Crippen LogP contribution is -2.28. The van der Waals surface area contributed by atoms with E-state index in [9.17, 15) is 14.3 Å². The first-order valence-electron chi connectivity index (χ1n) is 26.4. The van der Waals surface area contributed by atoms with Gasteiger partial charge in [0.1, 0.15) is 6.10 Å². The Kier molecular flexibility index (Phi) is 50.8. The zero-order valence-electron chi connectivity index (χ0n) is 42.1. The number of ether oxygens (including phenoxy) is 2. The molecule has 0 aliphatic heterocycles. The second kappa shape index (κ2) is 53.1. The summed E-state index contributed by atoms with van der Waals surface area (Å²) in [5.41, 5.74) is 5.39. The van der Waals surface area contributed by atoms with E-state index >= 15 is 0 Å². The first-order valence-corrected chi connectivity index (χ1v) is 27.9. The molecule has 0 bridgehead atoms. The zero-order chi connectivity index (χ0) is 48.0. The quantitative estimate of drug-likeness (QED) is 0.0268. The SMILES string of the molecule is CC/C=C\C/C=C\C/C=C\C/C=C\C/C=C\CCCCCCCCCCOCC(COP(=O)(O)OCCN)OC(=O)CCCCCCCCCCCC/C=C\C/C=C\C/C=C\C/C=C\CC. The van der Waals surface area contributed by atoms with Gasteiger partial charge in [-0.2, -0.15) is 0 Å². The monoisotopic (exact) mass is 940 g/mol. The number of hydrogen-bond acceptors (Lipinski definition) is 7. The number of allylic oxidation sites excluding steroid dienone is 18. The number of carbonyl (C=O) groups excluding carboxylic acids is 1. The molecule has 0 aromatic heterocycles. The highest BCUT2D eigenvalue weighted by atomic mass is 31.2. The molecule has 0 aromatic rings. The van der Waals surface area contributed by atoms with Gasteiger partial charge in [-0.3, -0.25) is 13.8 Å². The van der Waals surface area contributed by atoms with Gasteiger partial charge in [0.25, 0.3) is 0 Å². The Morgan fingerprint density at radius 1 is 0.455 bits per heavy atom. The highest BCUT2D eigenvalue weighted by Gasteiger charge is 2.25. The first kappa shape index (κ1) is 63.2. The van der Waals surface area contributed by atoms with Crippen LogP contribution in [0.4, 0.5) is 0 Å². The molecule has 0 aliphatic rings. The number of nitrogens with two attached hydrogens (primary N) is 1. The van der Waals surface area contributed by atoms with Gasteiger partial charge in [-0.05, 0) is 96.3 Å². The van der Waals surface area contributed by atoms with Crippen LogP contribution >= 0.6 is 7.82 Å². The van der Waals surface area contributed by atoms with Crippen molar-refractivity contribution in [2.24, 2.45) is 5.73 Å². The molecule has 2 atom stereocenters. The lowest BCUT2D eigenvalue weighted by Gasteiger charge is -2.20. The molecule has 0 aliphatic carbocycles. The van der Waals surface area contributed by atoms with E-state index in [-0.39, 0.29) is 32.3 Å². The van der Waals surface area contributed by atoms with E-state index in [1.807, 2.05) is 0 Å². The van der Waals surface area contributed by atoms with Crippen LogP contribution in [0.25, 0.3) is 0 Å². The number of phosphoric ester groups is 1. The Labute approximate surface area is 405 Å². The minimum atomic E-state index is -4.30. The van der Waals surface area contributed by atoms with Crippen LogP contribution in [-0.4, -0.2) is 49.9 Å². The molecule has 0 saturated heterocycles. The second-order valence-corrected chi connectivity index (χ2v) is 18.4. The molecule has 0 amide bonds. The van der Waals surface area contributed by atoms with Gasteiger partial charge in [0, 0.05) is 19.6 Å². The van der Waals surface area contributed by atoms with Gasteiger partial charge in [0.15, 0.2) is 0 Å². The zero-order valence-corrected chi connectivity index (χ0v) is 43.0. The van der Waals surface area contributed by atoms with Crippen molar-refractivity contribution in [1.82, 2.24) is 0 Å². The van der Waals surface area contributed by atoms with Crippen molar-refractivity contribution in [3.8, 4) is 0 Å². The van der Waals surface area contributed by atoms with Gasteiger partial charge in [-0.15, -0.1) is 0 Å². The summed E-state index contributed by atoms with van der Waals surface area (Å²) in [4.78, 5) is 22.6. The van der Waals surface area contributed by atoms with Crippen LogP contribution in [0.3, 0.4) is 0 Å². The maximum atomic E-state index is 12.7. The van der Waals surface area contributed by atoms with Gasteiger partial charge in [-0.1, -0.05) is 213 Å². The van der Waals surface area contributed by atoms with Gasteiger partial charge < -0.3 is 20.1 Å². The van der Waals surface area contributed by atoms with Gasteiger partial charge in [0.2, 0.25) is 0 Å².